The average Bonchev–Trinajstić information content (AvgIpc) is 2.34. The fourth-order valence-corrected chi connectivity index (χ4v) is 0.821. The molecule has 0 spiro atoms. The second-order valence-electron chi connectivity index (χ2n) is 1.91. The van der Waals surface area contributed by atoms with Crippen molar-refractivity contribution in [1.82, 2.24) is 4.98 Å². The molecular weight excluding hydrogens is 128 g/mol. The Morgan fingerprint density at radius 3 is 3.20 bits per heavy atom. The molecule has 0 aliphatic carbocycles. The number of Topliss-reactive ketones (excluding diaryl/α,β-unsaturated/α-hetero) is 1. The molecule has 3 nitrogen and oxygen atoms in total. The highest BCUT2D eigenvalue weighted by atomic mass is 16.1. The highest BCUT2D eigenvalue weighted by molar-refractivity contribution is 6.39. The first-order valence-electron chi connectivity index (χ1n) is 2.83. The van der Waals surface area contributed by atoms with E-state index in [2.05, 4.69) is 16.0 Å². The molecule has 1 aliphatic rings. The summed E-state index contributed by atoms with van der Waals surface area (Å²) in [5, 5.41) is 0. The van der Waals surface area contributed by atoms with E-state index in [1.165, 1.54) is 6.21 Å². The maximum absolute atomic E-state index is 10.8. The second-order valence-corrected chi connectivity index (χ2v) is 1.91. The number of aliphatic imine (C=N–C) groups is 1. The maximum atomic E-state index is 10.8. The Morgan fingerprint density at radius 1 is 1.50 bits per heavy atom. The molecule has 10 heavy (non-hydrogen) atoms. The number of nitrogens with zero attached hydrogens (tertiary/aromatic N) is 2. The van der Waals surface area contributed by atoms with Gasteiger partial charge in [-0.1, -0.05) is 0 Å². The molecule has 0 bridgehead atoms. The van der Waals surface area contributed by atoms with Crippen LogP contribution in [-0.2, 0) is 0 Å². The van der Waals surface area contributed by atoms with Gasteiger partial charge in [0.15, 0.2) is 5.82 Å². The number of fused-ring (bicyclic) bond motifs is 1. The third kappa shape index (κ3) is 0.572. The molecule has 1 radical (unpaired) electrons. The van der Waals surface area contributed by atoms with E-state index in [4.69, 9.17) is 0 Å². The van der Waals surface area contributed by atoms with Gasteiger partial charge in [-0.05, 0) is 12.1 Å². The number of pyridine rings is 1. The van der Waals surface area contributed by atoms with E-state index in [9.17, 15) is 4.79 Å². The third-order valence-electron chi connectivity index (χ3n) is 1.27. The van der Waals surface area contributed by atoms with Crippen LogP contribution >= 0.6 is 0 Å². The van der Waals surface area contributed by atoms with Gasteiger partial charge in [-0.2, -0.15) is 0 Å². The molecule has 0 unspecified atom stereocenters. The predicted octanol–water partition coefficient (Wildman–Crippen LogP) is 0.780. The summed E-state index contributed by atoms with van der Waals surface area (Å²) in [6.07, 6.45) is 2.82. The van der Waals surface area contributed by atoms with Gasteiger partial charge in [0.2, 0.25) is 5.78 Å². The Labute approximate surface area is 57.4 Å². The van der Waals surface area contributed by atoms with Crippen LogP contribution in [0.25, 0.3) is 0 Å². The van der Waals surface area contributed by atoms with Gasteiger partial charge < -0.3 is 0 Å². The van der Waals surface area contributed by atoms with E-state index >= 15 is 0 Å². The number of aromatic nitrogens is 1. The van der Waals surface area contributed by atoms with Crippen LogP contribution in [0.3, 0.4) is 0 Å². The first kappa shape index (κ1) is 5.29. The summed E-state index contributed by atoms with van der Waals surface area (Å²) in [5.41, 5.74) is 0.475. The zero-order valence-corrected chi connectivity index (χ0v) is 5.03. The summed E-state index contributed by atoms with van der Waals surface area (Å²) >= 11 is 0. The standard InChI is InChI=1S/C7H3N2O/c10-6-4-9-7-5(6)2-1-3-8-7/h1,3-4H. The fraction of sp³-hybridized carbons (Fsp3) is 0. The molecule has 1 aliphatic heterocycles. The lowest BCUT2D eigenvalue weighted by atomic mass is 10.2. The van der Waals surface area contributed by atoms with Crippen molar-refractivity contribution in [3.8, 4) is 0 Å². The maximum Gasteiger partial charge on any atom is 0.208 e. The third-order valence-corrected chi connectivity index (χ3v) is 1.27. The van der Waals surface area contributed by atoms with E-state index in [0.717, 1.165) is 0 Å². The molecule has 0 fully saturated rings. The molecule has 0 N–H and O–H groups in total. The predicted molar refractivity (Wildman–Crippen MR) is 35.6 cm³/mol. The summed E-state index contributed by atoms with van der Waals surface area (Å²) in [4.78, 5) is 18.5. The Bertz CT molecular complexity index is 317. The normalized spacial score (nSPS) is 13.8. The largest absolute Gasteiger partial charge is 0.287 e. The lowest BCUT2D eigenvalue weighted by Crippen LogP contribution is -1.93. The van der Waals surface area contributed by atoms with Crippen molar-refractivity contribution in [1.29, 1.82) is 0 Å². The number of carbonyl (C=O) groups is 1. The van der Waals surface area contributed by atoms with Gasteiger partial charge in [0, 0.05) is 6.20 Å². The highest BCUT2D eigenvalue weighted by Gasteiger charge is 2.14. The summed E-state index contributed by atoms with van der Waals surface area (Å²) < 4.78 is 0. The van der Waals surface area contributed by atoms with Gasteiger partial charge in [-0.25, -0.2) is 9.98 Å². The van der Waals surface area contributed by atoms with Gasteiger partial charge in [0.25, 0.3) is 0 Å². The Kier molecular flexibility index (Phi) is 0.917. The molecule has 0 amide bonds. The van der Waals surface area contributed by atoms with Crippen LogP contribution in [0, 0.1) is 6.07 Å². The molecule has 2 heterocycles. The van der Waals surface area contributed by atoms with Gasteiger partial charge in [-0.3, -0.25) is 4.79 Å². The molecule has 0 atom stereocenters. The summed E-state index contributed by atoms with van der Waals surface area (Å²) in [6, 6.07) is 4.36. The Morgan fingerprint density at radius 2 is 2.40 bits per heavy atom. The zero-order chi connectivity index (χ0) is 6.97. The van der Waals surface area contributed by atoms with Crippen molar-refractivity contribution in [2.75, 3.05) is 0 Å². The van der Waals surface area contributed by atoms with Crippen molar-refractivity contribution in [2.24, 2.45) is 4.99 Å². The minimum Gasteiger partial charge on any atom is -0.287 e. The first-order valence-corrected chi connectivity index (χ1v) is 2.83. The SMILES string of the molecule is O=C1C=Nc2ncc[c]c21. The van der Waals surface area contributed by atoms with Crippen molar-refractivity contribution in [2.45, 2.75) is 0 Å². The number of carbonyl (C=O) groups excluding carboxylic acids is 1. The van der Waals surface area contributed by atoms with Gasteiger partial charge in [0.05, 0.1) is 11.8 Å². The van der Waals surface area contributed by atoms with E-state index in [1.807, 2.05) is 0 Å². The van der Waals surface area contributed by atoms with Gasteiger partial charge >= 0.3 is 0 Å². The second kappa shape index (κ2) is 1.73. The Hall–Kier alpha value is -1.51. The van der Waals surface area contributed by atoms with Crippen molar-refractivity contribution >= 4 is 17.8 Å². The number of rotatable bonds is 0. The van der Waals surface area contributed by atoms with E-state index < -0.39 is 0 Å². The van der Waals surface area contributed by atoms with E-state index in [0.29, 0.717) is 11.4 Å². The summed E-state index contributed by atoms with van der Waals surface area (Å²) in [7, 11) is 0. The van der Waals surface area contributed by atoms with Crippen molar-refractivity contribution in [3.05, 3.63) is 23.9 Å². The van der Waals surface area contributed by atoms with Gasteiger partial charge in [0.1, 0.15) is 0 Å². The Balaban J connectivity index is 2.70. The van der Waals surface area contributed by atoms with Crippen LogP contribution in [0.4, 0.5) is 5.82 Å². The lowest BCUT2D eigenvalue weighted by Gasteiger charge is -1.88. The molecule has 1 aromatic rings. The van der Waals surface area contributed by atoms with Crippen LogP contribution in [0.5, 0.6) is 0 Å². The van der Waals surface area contributed by atoms with Crippen LogP contribution in [0.2, 0.25) is 0 Å². The minimum atomic E-state index is -0.108. The van der Waals surface area contributed by atoms with Crippen LogP contribution in [0.15, 0.2) is 17.3 Å². The molecule has 0 saturated heterocycles. The van der Waals surface area contributed by atoms with Crippen molar-refractivity contribution in [3.63, 3.8) is 0 Å². The summed E-state index contributed by atoms with van der Waals surface area (Å²) in [6.45, 7) is 0. The zero-order valence-electron chi connectivity index (χ0n) is 5.03. The fourth-order valence-electron chi connectivity index (χ4n) is 0.821. The van der Waals surface area contributed by atoms with E-state index in [-0.39, 0.29) is 5.78 Å². The minimum absolute atomic E-state index is 0.108. The van der Waals surface area contributed by atoms with Gasteiger partial charge in [-0.15, -0.1) is 0 Å². The number of hydrogen-bond donors (Lipinski definition) is 0. The van der Waals surface area contributed by atoms with E-state index in [1.54, 1.807) is 12.3 Å². The molecule has 1 aromatic heterocycles. The lowest BCUT2D eigenvalue weighted by molar-refractivity contribution is 0.107. The van der Waals surface area contributed by atoms with Crippen LogP contribution in [-0.4, -0.2) is 17.0 Å². The summed E-state index contributed by atoms with van der Waals surface area (Å²) in [5.74, 6) is 0.371. The van der Waals surface area contributed by atoms with Crippen molar-refractivity contribution < 1.29 is 4.79 Å². The van der Waals surface area contributed by atoms with Crippen LogP contribution < -0.4 is 0 Å². The molecule has 3 heteroatoms. The number of ketones is 1. The molecule has 0 aromatic carbocycles. The molecule has 2 rings (SSSR count). The highest BCUT2D eigenvalue weighted by Crippen LogP contribution is 2.18. The first-order chi connectivity index (χ1) is 4.88. The monoisotopic (exact) mass is 131 g/mol. The van der Waals surface area contributed by atoms with Crippen LogP contribution in [0.1, 0.15) is 10.4 Å². The average molecular weight is 131 g/mol. The number of hydrogen-bond acceptors (Lipinski definition) is 3. The molecule has 47 valence electrons. The topological polar surface area (TPSA) is 42.3 Å². The smallest absolute Gasteiger partial charge is 0.208 e. The molecular formula is C7H3N2O. The quantitative estimate of drug-likeness (QED) is 0.522. The molecule has 0 saturated carbocycles.